The van der Waals surface area contributed by atoms with Crippen LogP contribution in [0.3, 0.4) is 0 Å². The lowest BCUT2D eigenvalue weighted by atomic mass is 9.85. The van der Waals surface area contributed by atoms with Gasteiger partial charge in [0.25, 0.3) is 11.8 Å². The van der Waals surface area contributed by atoms with E-state index in [0.717, 1.165) is 29.2 Å². The van der Waals surface area contributed by atoms with Crippen LogP contribution in [-0.4, -0.2) is 29.1 Å². The van der Waals surface area contributed by atoms with E-state index in [0.29, 0.717) is 0 Å². The molecule has 1 aromatic carbocycles. The molecule has 5 nitrogen and oxygen atoms in total. The molecule has 5 heteroatoms. The van der Waals surface area contributed by atoms with Gasteiger partial charge in [-0.05, 0) is 49.3 Å². The van der Waals surface area contributed by atoms with Crippen molar-refractivity contribution in [3.63, 3.8) is 0 Å². The first-order valence-corrected chi connectivity index (χ1v) is 8.95. The second kappa shape index (κ2) is 6.14. The van der Waals surface area contributed by atoms with Crippen molar-refractivity contribution < 1.29 is 14.3 Å². The molecule has 5 atom stereocenters. The van der Waals surface area contributed by atoms with E-state index in [4.69, 9.17) is 4.74 Å². The maximum atomic E-state index is 12.6. The quantitative estimate of drug-likeness (QED) is 0.471. The van der Waals surface area contributed by atoms with Crippen LogP contribution in [0.15, 0.2) is 41.5 Å². The molecule has 2 fully saturated rings. The molecule has 0 unspecified atom stereocenters. The normalized spacial score (nSPS) is 31.2. The average Bonchev–Trinajstić information content (AvgIpc) is 3.28. The minimum Gasteiger partial charge on any atom is -0.491 e. The number of hydrazone groups is 1. The molecule has 2 aliphatic carbocycles. The van der Waals surface area contributed by atoms with Crippen molar-refractivity contribution in [1.29, 1.82) is 0 Å². The molecule has 1 aliphatic heterocycles. The van der Waals surface area contributed by atoms with Gasteiger partial charge in [-0.15, -0.1) is 0 Å². The third-order valence-corrected chi connectivity index (χ3v) is 5.54. The number of hydrogen-bond acceptors (Lipinski definition) is 4. The van der Waals surface area contributed by atoms with Gasteiger partial charge < -0.3 is 4.74 Å². The predicted molar refractivity (Wildman–Crippen MR) is 94.0 cm³/mol. The van der Waals surface area contributed by atoms with E-state index in [1.165, 1.54) is 0 Å². The minimum absolute atomic E-state index is 0.135. The number of allylic oxidation sites excluding steroid dienone is 2. The van der Waals surface area contributed by atoms with Crippen LogP contribution >= 0.6 is 0 Å². The Labute approximate surface area is 147 Å². The van der Waals surface area contributed by atoms with E-state index in [1.807, 2.05) is 31.2 Å². The van der Waals surface area contributed by atoms with Gasteiger partial charge >= 0.3 is 0 Å². The van der Waals surface area contributed by atoms with E-state index >= 15 is 0 Å². The second-order valence-corrected chi connectivity index (χ2v) is 7.14. The molecule has 4 rings (SSSR count). The lowest BCUT2D eigenvalue weighted by Gasteiger charge is -2.13. The summed E-state index contributed by atoms with van der Waals surface area (Å²) in [5.74, 6) is 0.443. The zero-order valence-corrected chi connectivity index (χ0v) is 14.5. The van der Waals surface area contributed by atoms with Gasteiger partial charge in [-0.2, -0.15) is 10.1 Å². The van der Waals surface area contributed by atoms with Gasteiger partial charge in [0, 0.05) is 0 Å². The van der Waals surface area contributed by atoms with Crippen molar-refractivity contribution in [3.05, 3.63) is 42.0 Å². The summed E-state index contributed by atoms with van der Waals surface area (Å²) in [4.78, 5) is 25.2. The third kappa shape index (κ3) is 2.68. The molecule has 0 spiro atoms. The van der Waals surface area contributed by atoms with Crippen molar-refractivity contribution in [2.45, 2.75) is 32.8 Å². The van der Waals surface area contributed by atoms with Crippen LogP contribution in [0.2, 0.25) is 0 Å². The number of carbonyl (C=O) groups is 2. The molecule has 130 valence electrons. The predicted octanol–water partition coefficient (Wildman–Crippen LogP) is 3.00. The number of hydrogen-bond donors (Lipinski definition) is 0. The lowest BCUT2D eigenvalue weighted by molar-refractivity contribution is -0.140. The van der Waals surface area contributed by atoms with E-state index in [-0.39, 0.29) is 41.6 Å². The summed E-state index contributed by atoms with van der Waals surface area (Å²) in [6.07, 6.45) is 7.72. The van der Waals surface area contributed by atoms with E-state index in [2.05, 4.69) is 24.2 Å². The number of benzene rings is 1. The van der Waals surface area contributed by atoms with Gasteiger partial charge in [0.2, 0.25) is 0 Å². The Morgan fingerprint density at radius 1 is 1.24 bits per heavy atom. The van der Waals surface area contributed by atoms with E-state index < -0.39 is 0 Å². The van der Waals surface area contributed by atoms with Crippen LogP contribution in [0.5, 0.6) is 5.75 Å². The summed E-state index contributed by atoms with van der Waals surface area (Å²) >= 11 is 0. The Bertz CT molecular complexity index is 740. The van der Waals surface area contributed by atoms with E-state index in [1.54, 1.807) is 6.21 Å². The van der Waals surface area contributed by atoms with Crippen LogP contribution in [0.1, 0.15) is 32.3 Å². The number of ether oxygens (including phenoxy) is 1. The molecule has 1 heterocycles. The monoisotopic (exact) mass is 338 g/mol. The van der Waals surface area contributed by atoms with Crippen molar-refractivity contribution in [1.82, 2.24) is 5.01 Å². The van der Waals surface area contributed by atoms with Crippen molar-refractivity contribution in [3.8, 4) is 5.75 Å². The van der Waals surface area contributed by atoms with Gasteiger partial charge in [0.1, 0.15) is 5.75 Å². The summed E-state index contributed by atoms with van der Waals surface area (Å²) in [5.41, 5.74) is 0.805. The highest BCUT2D eigenvalue weighted by molar-refractivity contribution is 6.06. The first-order chi connectivity index (χ1) is 12.1. The van der Waals surface area contributed by atoms with Crippen LogP contribution < -0.4 is 4.74 Å². The van der Waals surface area contributed by atoms with Crippen molar-refractivity contribution in [2.75, 3.05) is 0 Å². The van der Waals surface area contributed by atoms with Crippen molar-refractivity contribution in [2.24, 2.45) is 28.8 Å². The highest BCUT2D eigenvalue weighted by Crippen LogP contribution is 2.52. The molecule has 0 N–H and O–H groups in total. The Morgan fingerprint density at radius 2 is 1.92 bits per heavy atom. The molecule has 25 heavy (non-hydrogen) atoms. The summed E-state index contributed by atoms with van der Waals surface area (Å²) in [6.45, 7) is 4.09. The third-order valence-electron chi connectivity index (χ3n) is 5.54. The number of imide groups is 1. The molecule has 1 saturated carbocycles. The molecule has 1 saturated heterocycles. The largest absolute Gasteiger partial charge is 0.491 e. The number of nitrogens with zero attached hydrogens (tertiary/aromatic N) is 2. The van der Waals surface area contributed by atoms with Crippen LogP contribution in [0, 0.1) is 23.7 Å². The van der Waals surface area contributed by atoms with Gasteiger partial charge in [0.05, 0.1) is 24.2 Å². The standard InChI is InChI=1S/C20H22N2O3/c1-3-12(2)25-16-6-4-5-13(9-16)11-21-22-19(23)17-14-7-8-15(10-14)18(17)20(22)24/h4-9,11-12,14-15,17-18H,3,10H2,1-2H3/t12-,14+,15+,17-,18+/m1/s1. The van der Waals surface area contributed by atoms with Gasteiger partial charge in [0.15, 0.2) is 0 Å². The van der Waals surface area contributed by atoms with Crippen LogP contribution in [-0.2, 0) is 9.59 Å². The summed E-state index contributed by atoms with van der Waals surface area (Å²) in [5, 5.41) is 5.27. The molecule has 0 aromatic heterocycles. The zero-order chi connectivity index (χ0) is 17.6. The number of amides is 2. The molecule has 3 aliphatic rings. The average molecular weight is 338 g/mol. The molecule has 0 radical (unpaired) electrons. The van der Waals surface area contributed by atoms with E-state index in [9.17, 15) is 9.59 Å². The first kappa shape index (κ1) is 16.1. The Balaban J connectivity index is 1.50. The smallest absolute Gasteiger partial charge is 0.254 e. The SMILES string of the molecule is CC[C@@H](C)Oc1cccc(C=NN2C(=O)[C@@H]3[C@H](C2=O)[C@H]2C=C[C@H]3C2)c1. The highest BCUT2D eigenvalue weighted by Gasteiger charge is 2.59. The first-order valence-electron chi connectivity index (χ1n) is 8.95. The Morgan fingerprint density at radius 3 is 2.56 bits per heavy atom. The fourth-order valence-corrected chi connectivity index (χ4v) is 4.11. The number of fused-ring (bicyclic) bond motifs is 5. The van der Waals surface area contributed by atoms with Gasteiger partial charge in [-0.3, -0.25) is 9.59 Å². The van der Waals surface area contributed by atoms with Crippen LogP contribution in [0.4, 0.5) is 0 Å². The molecule has 2 amide bonds. The van der Waals surface area contributed by atoms with Gasteiger partial charge in [-0.25, -0.2) is 0 Å². The topological polar surface area (TPSA) is 59.0 Å². The Kier molecular flexibility index (Phi) is 3.94. The van der Waals surface area contributed by atoms with Crippen LogP contribution in [0.25, 0.3) is 0 Å². The molecular formula is C20H22N2O3. The highest BCUT2D eigenvalue weighted by atomic mass is 16.5. The zero-order valence-electron chi connectivity index (χ0n) is 14.5. The lowest BCUT2D eigenvalue weighted by Crippen LogP contribution is -2.28. The minimum atomic E-state index is -0.209. The van der Waals surface area contributed by atoms with Gasteiger partial charge in [-0.1, -0.05) is 31.2 Å². The fourth-order valence-electron chi connectivity index (χ4n) is 4.11. The van der Waals surface area contributed by atoms with Crippen molar-refractivity contribution >= 4 is 18.0 Å². The maximum absolute atomic E-state index is 12.6. The summed E-state index contributed by atoms with van der Waals surface area (Å²) in [6, 6.07) is 7.52. The molecule has 2 bridgehead atoms. The molecule has 1 aromatic rings. The number of carbonyl (C=O) groups excluding carboxylic acids is 2. The number of rotatable bonds is 5. The fraction of sp³-hybridized carbons (Fsp3) is 0.450. The Hall–Kier alpha value is -2.43. The summed E-state index contributed by atoms with van der Waals surface area (Å²) < 4.78 is 5.80. The molecular weight excluding hydrogens is 316 g/mol. The summed E-state index contributed by atoms with van der Waals surface area (Å²) in [7, 11) is 0. The second-order valence-electron chi connectivity index (χ2n) is 7.14. The maximum Gasteiger partial charge on any atom is 0.254 e.